The molecule has 0 radical (unpaired) electrons. The number of carbonyl (C=O) groups excluding carboxylic acids is 1. The molecule has 1 aromatic heterocycles. The van der Waals surface area contributed by atoms with E-state index in [0.717, 1.165) is 25.7 Å². The molecule has 0 saturated heterocycles. The Labute approximate surface area is 145 Å². The van der Waals surface area contributed by atoms with Gasteiger partial charge in [-0.05, 0) is 49.3 Å². The minimum absolute atomic E-state index is 0.109. The second kappa shape index (κ2) is 7.76. The van der Waals surface area contributed by atoms with Crippen LogP contribution in [0.15, 0.2) is 24.4 Å². The molecular weight excluding hydrogens is 325 g/mol. The van der Waals surface area contributed by atoms with Crippen molar-refractivity contribution in [3.63, 3.8) is 0 Å². The van der Waals surface area contributed by atoms with Crippen molar-refractivity contribution in [1.29, 1.82) is 0 Å². The summed E-state index contributed by atoms with van der Waals surface area (Å²) in [7, 11) is 0. The molecule has 0 aliphatic heterocycles. The van der Waals surface area contributed by atoms with Crippen LogP contribution in [0.4, 0.5) is 10.2 Å². The largest absolute Gasteiger partial charge is 0.395 e. The van der Waals surface area contributed by atoms with Crippen molar-refractivity contribution in [2.75, 3.05) is 18.5 Å². The van der Waals surface area contributed by atoms with Gasteiger partial charge in [-0.2, -0.15) is 0 Å². The minimum Gasteiger partial charge on any atom is -0.395 e. The summed E-state index contributed by atoms with van der Waals surface area (Å²) < 4.78 is 13.8. The van der Waals surface area contributed by atoms with Crippen LogP contribution in [0.25, 0.3) is 10.8 Å². The predicted octanol–water partition coefficient (Wildman–Crippen LogP) is 1.81. The van der Waals surface area contributed by atoms with Gasteiger partial charge in [0.05, 0.1) is 18.3 Å². The van der Waals surface area contributed by atoms with E-state index in [-0.39, 0.29) is 30.9 Å². The number of pyridine rings is 1. The van der Waals surface area contributed by atoms with Gasteiger partial charge in [0.1, 0.15) is 11.6 Å². The van der Waals surface area contributed by atoms with Crippen LogP contribution in [0.5, 0.6) is 0 Å². The van der Waals surface area contributed by atoms with Crippen LogP contribution < -0.4 is 10.6 Å². The van der Waals surface area contributed by atoms with Crippen molar-refractivity contribution in [3.8, 4) is 0 Å². The summed E-state index contributed by atoms with van der Waals surface area (Å²) in [5, 5.41) is 25.5. The monoisotopic (exact) mass is 347 g/mol. The molecule has 1 saturated carbocycles. The third-order valence-corrected chi connectivity index (χ3v) is 4.49. The summed E-state index contributed by atoms with van der Waals surface area (Å²) in [4.78, 5) is 16.6. The molecule has 0 unspecified atom stereocenters. The molecule has 1 fully saturated rings. The van der Waals surface area contributed by atoms with Gasteiger partial charge < -0.3 is 20.8 Å². The molecule has 1 amide bonds. The first-order chi connectivity index (χ1) is 12.1. The van der Waals surface area contributed by atoms with Crippen molar-refractivity contribution in [2.24, 2.45) is 0 Å². The highest BCUT2D eigenvalue weighted by atomic mass is 19.1. The number of rotatable bonds is 5. The maximum atomic E-state index is 13.8. The maximum Gasteiger partial charge on any atom is 0.252 e. The standard InChI is InChI=1S/C18H22FN3O3/c19-12-7-11-10-21-17(22-13-1-3-14(24)4-2-13)9-15(11)16(8-12)18(25)20-5-6-23/h7-10,13-14,23-24H,1-6H2,(H,20,25)(H,21,22). The Morgan fingerprint density at radius 2 is 2.00 bits per heavy atom. The van der Waals surface area contributed by atoms with Gasteiger partial charge in [-0.15, -0.1) is 0 Å². The van der Waals surface area contributed by atoms with Crippen LogP contribution in [0, 0.1) is 5.82 Å². The molecule has 3 rings (SSSR count). The molecule has 1 heterocycles. The second-order valence-corrected chi connectivity index (χ2v) is 6.37. The number of benzene rings is 1. The van der Waals surface area contributed by atoms with E-state index in [9.17, 15) is 14.3 Å². The first-order valence-corrected chi connectivity index (χ1v) is 8.50. The van der Waals surface area contributed by atoms with Gasteiger partial charge in [0.25, 0.3) is 5.91 Å². The molecule has 0 spiro atoms. The van der Waals surface area contributed by atoms with E-state index in [1.807, 2.05) is 0 Å². The van der Waals surface area contributed by atoms with E-state index < -0.39 is 11.7 Å². The summed E-state index contributed by atoms with van der Waals surface area (Å²) in [6, 6.07) is 4.50. The lowest BCUT2D eigenvalue weighted by atomic mass is 9.93. The number of nitrogens with one attached hydrogen (secondary N) is 2. The number of halogens is 1. The summed E-state index contributed by atoms with van der Waals surface area (Å²) >= 11 is 0. The van der Waals surface area contributed by atoms with Crippen molar-refractivity contribution < 1.29 is 19.4 Å². The topological polar surface area (TPSA) is 94.5 Å². The Bertz CT molecular complexity index is 761. The van der Waals surface area contributed by atoms with Crippen molar-refractivity contribution in [2.45, 2.75) is 37.8 Å². The van der Waals surface area contributed by atoms with E-state index in [1.165, 1.54) is 12.1 Å². The van der Waals surface area contributed by atoms with E-state index >= 15 is 0 Å². The number of anilines is 1. The molecule has 6 nitrogen and oxygen atoms in total. The number of hydrogen-bond acceptors (Lipinski definition) is 5. The number of amides is 1. The highest BCUT2D eigenvalue weighted by Gasteiger charge is 2.20. The lowest BCUT2D eigenvalue weighted by Crippen LogP contribution is -2.28. The molecule has 1 aliphatic carbocycles. The van der Waals surface area contributed by atoms with Gasteiger partial charge in [0.15, 0.2) is 0 Å². The summed E-state index contributed by atoms with van der Waals surface area (Å²) in [5.41, 5.74) is 0.216. The zero-order chi connectivity index (χ0) is 17.8. The molecule has 134 valence electrons. The number of aliphatic hydroxyl groups excluding tert-OH is 2. The van der Waals surface area contributed by atoms with Crippen LogP contribution in [0.1, 0.15) is 36.0 Å². The third-order valence-electron chi connectivity index (χ3n) is 4.49. The molecule has 1 aromatic carbocycles. The maximum absolute atomic E-state index is 13.8. The van der Waals surface area contributed by atoms with Crippen LogP contribution in [0.3, 0.4) is 0 Å². The van der Waals surface area contributed by atoms with Gasteiger partial charge in [-0.25, -0.2) is 9.37 Å². The highest BCUT2D eigenvalue weighted by molar-refractivity contribution is 6.07. The Hall–Kier alpha value is -2.25. The predicted molar refractivity (Wildman–Crippen MR) is 93.0 cm³/mol. The molecule has 0 bridgehead atoms. The van der Waals surface area contributed by atoms with E-state index in [2.05, 4.69) is 15.6 Å². The fourth-order valence-electron chi connectivity index (χ4n) is 3.18. The van der Waals surface area contributed by atoms with Crippen LogP contribution in [-0.4, -0.2) is 46.4 Å². The number of carbonyl (C=O) groups is 1. The van der Waals surface area contributed by atoms with Crippen LogP contribution in [0.2, 0.25) is 0 Å². The quantitative estimate of drug-likeness (QED) is 0.662. The summed E-state index contributed by atoms with van der Waals surface area (Å²) in [5.74, 6) is -0.321. The zero-order valence-corrected chi connectivity index (χ0v) is 13.8. The van der Waals surface area contributed by atoms with Crippen molar-refractivity contribution in [1.82, 2.24) is 10.3 Å². The number of aromatic nitrogens is 1. The van der Waals surface area contributed by atoms with E-state index in [1.54, 1.807) is 12.3 Å². The normalized spacial score (nSPS) is 20.4. The van der Waals surface area contributed by atoms with Gasteiger partial charge in [-0.1, -0.05) is 0 Å². The fraction of sp³-hybridized carbons (Fsp3) is 0.444. The Morgan fingerprint density at radius 1 is 1.24 bits per heavy atom. The average Bonchev–Trinajstić information content (AvgIpc) is 2.61. The van der Waals surface area contributed by atoms with E-state index in [4.69, 9.17) is 5.11 Å². The minimum atomic E-state index is -0.509. The molecule has 0 atom stereocenters. The van der Waals surface area contributed by atoms with Gasteiger partial charge in [0.2, 0.25) is 0 Å². The summed E-state index contributed by atoms with van der Waals surface area (Å²) in [6.45, 7) is -0.0711. The first-order valence-electron chi connectivity index (χ1n) is 8.50. The lowest BCUT2D eigenvalue weighted by Gasteiger charge is -2.26. The zero-order valence-electron chi connectivity index (χ0n) is 13.8. The summed E-state index contributed by atoms with van der Waals surface area (Å²) in [6.07, 6.45) is 4.53. The van der Waals surface area contributed by atoms with Gasteiger partial charge in [-0.3, -0.25) is 4.79 Å². The number of aliphatic hydroxyl groups is 2. The Kier molecular flexibility index (Phi) is 5.45. The van der Waals surface area contributed by atoms with Crippen molar-refractivity contribution >= 4 is 22.5 Å². The average molecular weight is 347 g/mol. The van der Waals surface area contributed by atoms with Crippen LogP contribution >= 0.6 is 0 Å². The molecular formula is C18H22FN3O3. The van der Waals surface area contributed by atoms with Crippen LogP contribution in [-0.2, 0) is 0 Å². The highest BCUT2D eigenvalue weighted by Crippen LogP contribution is 2.25. The molecule has 1 aliphatic rings. The number of nitrogens with zero attached hydrogens (tertiary/aromatic N) is 1. The van der Waals surface area contributed by atoms with Gasteiger partial charge in [0, 0.05) is 24.2 Å². The van der Waals surface area contributed by atoms with Gasteiger partial charge >= 0.3 is 0 Å². The van der Waals surface area contributed by atoms with Crippen molar-refractivity contribution in [3.05, 3.63) is 35.8 Å². The molecule has 25 heavy (non-hydrogen) atoms. The first kappa shape index (κ1) is 17.6. The Balaban J connectivity index is 1.87. The fourth-order valence-corrected chi connectivity index (χ4v) is 3.18. The third kappa shape index (κ3) is 4.24. The molecule has 4 N–H and O–H groups in total. The van der Waals surface area contributed by atoms with E-state index in [0.29, 0.717) is 16.6 Å². The number of fused-ring (bicyclic) bond motifs is 1. The Morgan fingerprint density at radius 3 is 2.72 bits per heavy atom. The molecule has 2 aromatic rings. The molecule has 7 heteroatoms. The SMILES string of the molecule is O=C(NCCO)c1cc(F)cc2cnc(NC3CCC(O)CC3)cc12. The second-order valence-electron chi connectivity index (χ2n) is 6.37. The number of hydrogen-bond donors (Lipinski definition) is 4. The lowest BCUT2D eigenvalue weighted by molar-refractivity contribution is 0.0946. The smallest absolute Gasteiger partial charge is 0.252 e.